The van der Waals surface area contributed by atoms with E-state index in [1.54, 1.807) is 0 Å². The SMILES string of the molecule is Cc1ccccc1CN1CCN(c2ccc3ccccc3n2)CC1. The molecular formula is C21H23N3. The Bertz CT molecular complexity index is 835. The van der Waals surface area contributed by atoms with Crippen LogP contribution in [0, 0.1) is 6.92 Å². The summed E-state index contributed by atoms with van der Waals surface area (Å²) in [5.74, 6) is 1.10. The number of piperazine rings is 1. The van der Waals surface area contributed by atoms with Gasteiger partial charge in [0.15, 0.2) is 0 Å². The second-order valence-corrected chi connectivity index (χ2v) is 6.55. The largest absolute Gasteiger partial charge is 0.354 e. The van der Waals surface area contributed by atoms with Gasteiger partial charge in [-0.3, -0.25) is 4.90 Å². The van der Waals surface area contributed by atoms with Crippen LogP contribution in [-0.4, -0.2) is 36.1 Å². The number of fused-ring (bicyclic) bond motifs is 1. The molecule has 1 fully saturated rings. The Morgan fingerprint density at radius 1 is 0.833 bits per heavy atom. The summed E-state index contributed by atoms with van der Waals surface area (Å²) in [6, 6.07) is 21.3. The van der Waals surface area contributed by atoms with Crippen LogP contribution >= 0.6 is 0 Å². The van der Waals surface area contributed by atoms with Crippen molar-refractivity contribution in [3.05, 3.63) is 71.8 Å². The average Bonchev–Trinajstić information content (AvgIpc) is 2.64. The quantitative estimate of drug-likeness (QED) is 0.731. The van der Waals surface area contributed by atoms with Gasteiger partial charge in [-0.05, 0) is 36.2 Å². The van der Waals surface area contributed by atoms with Crippen LogP contribution in [0.4, 0.5) is 5.82 Å². The summed E-state index contributed by atoms with van der Waals surface area (Å²) < 4.78 is 0. The highest BCUT2D eigenvalue weighted by atomic mass is 15.3. The second-order valence-electron chi connectivity index (χ2n) is 6.55. The van der Waals surface area contributed by atoms with E-state index < -0.39 is 0 Å². The monoisotopic (exact) mass is 317 g/mol. The fraction of sp³-hybridized carbons (Fsp3) is 0.286. The van der Waals surface area contributed by atoms with Crippen molar-refractivity contribution in [3.63, 3.8) is 0 Å². The summed E-state index contributed by atoms with van der Waals surface area (Å²) in [6.07, 6.45) is 0. The molecule has 0 atom stereocenters. The van der Waals surface area contributed by atoms with Crippen LogP contribution in [0.2, 0.25) is 0 Å². The van der Waals surface area contributed by atoms with E-state index in [9.17, 15) is 0 Å². The first kappa shape index (κ1) is 15.2. The first-order chi connectivity index (χ1) is 11.8. The van der Waals surface area contributed by atoms with E-state index >= 15 is 0 Å². The third-order valence-electron chi connectivity index (χ3n) is 4.94. The van der Waals surface area contributed by atoms with Gasteiger partial charge in [-0.1, -0.05) is 42.5 Å². The number of rotatable bonds is 3. The molecule has 0 N–H and O–H groups in total. The van der Waals surface area contributed by atoms with Crippen molar-refractivity contribution in [2.45, 2.75) is 13.5 Å². The maximum atomic E-state index is 4.83. The molecule has 122 valence electrons. The number of benzene rings is 2. The highest BCUT2D eigenvalue weighted by molar-refractivity contribution is 5.80. The minimum atomic E-state index is 1.04. The first-order valence-electron chi connectivity index (χ1n) is 8.67. The summed E-state index contributed by atoms with van der Waals surface area (Å²) in [6.45, 7) is 7.50. The van der Waals surface area contributed by atoms with Crippen LogP contribution in [0.15, 0.2) is 60.7 Å². The van der Waals surface area contributed by atoms with E-state index in [0.29, 0.717) is 0 Å². The molecule has 3 aromatic rings. The Hall–Kier alpha value is -2.39. The lowest BCUT2D eigenvalue weighted by Gasteiger charge is -2.35. The molecule has 0 aliphatic carbocycles. The van der Waals surface area contributed by atoms with Gasteiger partial charge >= 0.3 is 0 Å². The number of pyridine rings is 1. The molecule has 0 amide bonds. The highest BCUT2D eigenvalue weighted by Crippen LogP contribution is 2.20. The van der Waals surface area contributed by atoms with Crippen molar-refractivity contribution >= 4 is 16.7 Å². The summed E-state index contributed by atoms with van der Waals surface area (Å²) in [4.78, 5) is 9.77. The Balaban J connectivity index is 1.42. The molecule has 2 heterocycles. The summed E-state index contributed by atoms with van der Waals surface area (Å²) in [5, 5.41) is 1.21. The lowest BCUT2D eigenvalue weighted by molar-refractivity contribution is 0.249. The topological polar surface area (TPSA) is 19.4 Å². The van der Waals surface area contributed by atoms with Gasteiger partial charge in [0, 0.05) is 38.1 Å². The standard InChI is InChI=1S/C21H23N3/c1-17-6-2-3-8-19(17)16-23-12-14-24(15-13-23)21-11-10-18-7-4-5-9-20(18)22-21/h2-11H,12-16H2,1H3. The third kappa shape index (κ3) is 3.13. The van der Waals surface area contributed by atoms with Gasteiger partial charge in [0.1, 0.15) is 5.82 Å². The molecule has 0 unspecified atom stereocenters. The van der Waals surface area contributed by atoms with Crippen molar-refractivity contribution in [2.24, 2.45) is 0 Å². The number of anilines is 1. The van der Waals surface area contributed by atoms with Crippen molar-refractivity contribution in [1.29, 1.82) is 0 Å². The minimum Gasteiger partial charge on any atom is -0.354 e. The van der Waals surface area contributed by atoms with Gasteiger partial charge in [-0.15, -0.1) is 0 Å². The lowest BCUT2D eigenvalue weighted by Crippen LogP contribution is -2.46. The van der Waals surface area contributed by atoms with Crippen LogP contribution in [-0.2, 0) is 6.54 Å². The summed E-state index contributed by atoms with van der Waals surface area (Å²) >= 11 is 0. The molecule has 0 saturated carbocycles. The fourth-order valence-corrected chi connectivity index (χ4v) is 3.39. The molecule has 24 heavy (non-hydrogen) atoms. The molecule has 1 aliphatic heterocycles. The molecule has 0 spiro atoms. The lowest BCUT2D eigenvalue weighted by atomic mass is 10.1. The van der Waals surface area contributed by atoms with Gasteiger partial charge in [0.05, 0.1) is 5.52 Å². The van der Waals surface area contributed by atoms with Crippen LogP contribution in [0.3, 0.4) is 0 Å². The van der Waals surface area contributed by atoms with Gasteiger partial charge in [-0.25, -0.2) is 4.98 Å². The zero-order chi connectivity index (χ0) is 16.4. The number of hydrogen-bond acceptors (Lipinski definition) is 3. The van der Waals surface area contributed by atoms with Crippen LogP contribution in [0.25, 0.3) is 10.9 Å². The molecule has 0 bridgehead atoms. The number of nitrogens with zero attached hydrogens (tertiary/aromatic N) is 3. The molecular weight excluding hydrogens is 294 g/mol. The van der Waals surface area contributed by atoms with Crippen molar-refractivity contribution in [1.82, 2.24) is 9.88 Å². The zero-order valence-corrected chi connectivity index (χ0v) is 14.2. The number of aromatic nitrogens is 1. The number of para-hydroxylation sites is 1. The van der Waals surface area contributed by atoms with E-state index in [-0.39, 0.29) is 0 Å². The maximum absolute atomic E-state index is 4.83. The average molecular weight is 317 g/mol. The Morgan fingerprint density at radius 3 is 2.42 bits per heavy atom. The van der Waals surface area contributed by atoms with Gasteiger partial charge in [-0.2, -0.15) is 0 Å². The molecule has 1 saturated heterocycles. The molecule has 3 nitrogen and oxygen atoms in total. The van der Waals surface area contributed by atoms with Gasteiger partial charge in [0.25, 0.3) is 0 Å². The normalized spacial score (nSPS) is 15.8. The Labute approximate surface area is 143 Å². The second kappa shape index (κ2) is 6.62. The smallest absolute Gasteiger partial charge is 0.129 e. The molecule has 1 aromatic heterocycles. The molecule has 3 heteroatoms. The van der Waals surface area contributed by atoms with Crippen molar-refractivity contribution in [2.75, 3.05) is 31.1 Å². The van der Waals surface area contributed by atoms with E-state index in [4.69, 9.17) is 4.98 Å². The summed E-state index contributed by atoms with van der Waals surface area (Å²) in [5.41, 5.74) is 3.91. The van der Waals surface area contributed by atoms with Crippen molar-refractivity contribution in [3.8, 4) is 0 Å². The molecule has 0 radical (unpaired) electrons. The van der Waals surface area contributed by atoms with Crippen molar-refractivity contribution < 1.29 is 0 Å². The minimum absolute atomic E-state index is 1.04. The van der Waals surface area contributed by atoms with Crippen LogP contribution < -0.4 is 4.90 Å². The highest BCUT2D eigenvalue weighted by Gasteiger charge is 2.18. The van der Waals surface area contributed by atoms with E-state index in [1.807, 2.05) is 0 Å². The molecule has 2 aromatic carbocycles. The predicted octanol–water partition coefficient (Wildman–Crippen LogP) is 3.87. The van der Waals surface area contributed by atoms with Gasteiger partial charge < -0.3 is 4.90 Å². The summed E-state index contributed by atoms with van der Waals surface area (Å²) in [7, 11) is 0. The van der Waals surface area contributed by atoms with Crippen LogP contribution in [0.1, 0.15) is 11.1 Å². The predicted molar refractivity (Wildman–Crippen MR) is 100 cm³/mol. The van der Waals surface area contributed by atoms with E-state index in [1.165, 1.54) is 16.5 Å². The fourth-order valence-electron chi connectivity index (χ4n) is 3.39. The maximum Gasteiger partial charge on any atom is 0.129 e. The Kier molecular flexibility index (Phi) is 4.18. The van der Waals surface area contributed by atoms with Crippen LogP contribution in [0.5, 0.6) is 0 Å². The molecule has 4 rings (SSSR count). The van der Waals surface area contributed by atoms with E-state index in [2.05, 4.69) is 77.4 Å². The Morgan fingerprint density at radius 2 is 1.58 bits per heavy atom. The number of hydrogen-bond donors (Lipinski definition) is 0. The third-order valence-corrected chi connectivity index (χ3v) is 4.94. The van der Waals surface area contributed by atoms with E-state index in [0.717, 1.165) is 44.1 Å². The zero-order valence-electron chi connectivity index (χ0n) is 14.2. The van der Waals surface area contributed by atoms with Gasteiger partial charge in [0.2, 0.25) is 0 Å². The number of aryl methyl sites for hydroxylation is 1. The first-order valence-corrected chi connectivity index (χ1v) is 8.67. The molecule has 1 aliphatic rings.